The summed E-state index contributed by atoms with van der Waals surface area (Å²) in [5.74, 6) is 1.06. The van der Waals surface area contributed by atoms with Gasteiger partial charge in [-0.05, 0) is 36.6 Å². The third-order valence-electron chi connectivity index (χ3n) is 3.74. The van der Waals surface area contributed by atoms with Crippen LogP contribution in [0.2, 0.25) is 0 Å². The van der Waals surface area contributed by atoms with Gasteiger partial charge in [-0.25, -0.2) is 0 Å². The predicted octanol–water partition coefficient (Wildman–Crippen LogP) is 1.94. The van der Waals surface area contributed by atoms with Crippen LogP contribution in [0.4, 0.5) is 0 Å². The van der Waals surface area contributed by atoms with Crippen molar-refractivity contribution in [2.24, 2.45) is 5.92 Å². The molecule has 1 heterocycles. The topological polar surface area (TPSA) is 49.8 Å². The Balaban J connectivity index is 2.03. The van der Waals surface area contributed by atoms with E-state index in [-0.39, 0.29) is 18.4 Å². The van der Waals surface area contributed by atoms with Crippen molar-refractivity contribution in [3.8, 4) is 5.75 Å². The number of likely N-dealkylation sites (tertiary alicyclic amines) is 1. The number of methoxy groups -OCH3 is 1. The largest absolute Gasteiger partial charge is 0.497 e. The highest BCUT2D eigenvalue weighted by Gasteiger charge is 2.24. The molecule has 0 bridgehead atoms. The van der Waals surface area contributed by atoms with Crippen molar-refractivity contribution in [1.29, 1.82) is 0 Å². The molecule has 1 fully saturated rings. The second-order valence-corrected chi connectivity index (χ2v) is 5.18. The molecule has 2 rings (SSSR count). The maximum absolute atomic E-state index is 12.2. The van der Waals surface area contributed by atoms with Crippen LogP contribution in [0.1, 0.15) is 18.9 Å². The Labute approximate surface area is 119 Å². The fourth-order valence-electron chi connectivity index (χ4n) is 2.40. The second-order valence-electron chi connectivity index (χ2n) is 5.18. The van der Waals surface area contributed by atoms with Gasteiger partial charge in [0.05, 0.1) is 7.11 Å². The van der Waals surface area contributed by atoms with Gasteiger partial charge in [0.25, 0.3) is 0 Å². The Kier molecular flexibility index (Phi) is 4.79. The van der Waals surface area contributed by atoms with Crippen molar-refractivity contribution < 1.29 is 14.6 Å². The lowest BCUT2D eigenvalue weighted by atomic mass is 10.1. The highest BCUT2D eigenvalue weighted by atomic mass is 16.5. The summed E-state index contributed by atoms with van der Waals surface area (Å²) < 4.78 is 5.12. The van der Waals surface area contributed by atoms with Gasteiger partial charge in [0, 0.05) is 31.7 Å². The highest BCUT2D eigenvalue weighted by molar-refractivity contribution is 5.95. The van der Waals surface area contributed by atoms with E-state index in [2.05, 4.69) is 0 Å². The van der Waals surface area contributed by atoms with Gasteiger partial charge < -0.3 is 14.7 Å². The highest BCUT2D eigenvalue weighted by Crippen LogP contribution is 2.20. The summed E-state index contributed by atoms with van der Waals surface area (Å²) in [7, 11) is 1.63. The molecule has 0 aromatic heterocycles. The molecule has 1 aromatic carbocycles. The number of carbonyl (C=O) groups excluding carboxylic acids is 1. The Morgan fingerprint density at radius 2 is 2.15 bits per heavy atom. The number of nitrogens with zero attached hydrogens (tertiary/aromatic N) is 1. The molecule has 1 amide bonds. The number of aliphatic hydroxyl groups excluding tert-OH is 1. The zero-order valence-electron chi connectivity index (χ0n) is 12.0. The number of amides is 1. The van der Waals surface area contributed by atoms with E-state index in [1.807, 2.05) is 31.2 Å². The Bertz CT molecular complexity index is 493. The van der Waals surface area contributed by atoms with Crippen LogP contribution in [0.5, 0.6) is 5.75 Å². The minimum absolute atomic E-state index is 0.0225. The minimum Gasteiger partial charge on any atom is -0.497 e. The van der Waals surface area contributed by atoms with Gasteiger partial charge in [0.1, 0.15) is 5.75 Å². The Morgan fingerprint density at radius 1 is 1.45 bits per heavy atom. The van der Waals surface area contributed by atoms with Gasteiger partial charge >= 0.3 is 0 Å². The van der Waals surface area contributed by atoms with Crippen molar-refractivity contribution in [1.82, 2.24) is 4.90 Å². The fourth-order valence-corrected chi connectivity index (χ4v) is 2.40. The average molecular weight is 275 g/mol. The summed E-state index contributed by atoms with van der Waals surface area (Å²) in [6.45, 7) is 3.47. The van der Waals surface area contributed by atoms with Crippen LogP contribution in [0.3, 0.4) is 0 Å². The first-order valence-corrected chi connectivity index (χ1v) is 6.86. The maximum atomic E-state index is 12.2. The Morgan fingerprint density at radius 3 is 2.70 bits per heavy atom. The van der Waals surface area contributed by atoms with Crippen LogP contribution in [0, 0.1) is 5.92 Å². The van der Waals surface area contributed by atoms with Gasteiger partial charge in [0.2, 0.25) is 5.91 Å². The summed E-state index contributed by atoms with van der Waals surface area (Å²) in [4.78, 5) is 14.0. The second kappa shape index (κ2) is 6.57. The van der Waals surface area contributed by atoms with E-state index in [0.717, 1.165) is 29.9 Å². The lowest BCUT2D eigenvalue weighted by molar-refractivity contribution is -0.125. The van der Waals surface area contributed by atoms with Crippen LogP contribution >= 0.6 is 0 Å². The molecule has 0 aliphatic carbocycles. The fraction of sp³-hybridized carbons (Fsp3) is 0.438. The van der Waals surface area contributed by atoms with Crippen molar-refractivity contribution in [3.05, 3.63) is 35.9 Å². The summed E-state index contributed by atoms with van der Waals surface area (Å²) in [6.07, 6.45) is 2.55. The molecule has 4 heteroatoms. The number of ether oxygens (including phenoxy) is 1. The molecule has 1 unspecified atom stereocenters. The zero-order chi connectivity index (χ0) is 14.5. The Hall–Kier alpha value is -1.81. The number of rotatable bonds is 4. The summed E-state index contributed by atoms with van der Waals surface area (Å²) in [6, 6.07) is 7.65. The van der Waals surface area contributed by atoms with Gasteiger partial charge in [-0.15, -0.1) is 0 Å². The van der Waals surface area contributed by atoms with E-state index < -0.39 is 0 Å². The molecule has 1 atom stereocenters. The molecule has 0 saturated carbocycles. The average Bonchev–Trinajstić information content (AvgIpc) is 2.96. The molecule has 1 aliphatic rings. The van der Waals surface area contributed by atoms with E-state index in [1.54, 1.807) is 18.1 Å². The maximum Gasteiger partial charge on any atom is 0.246 e. The summed E-state index contributed by atoms with van der Waals surface area (Å²) in [5.41, 5.74) is 1.95. The molecule has 1 aromatic rings. The SMILES string of the molecule is COc1ccc(/C(C)=C/C(=O)N2CCC(CO)C2)cc1. The normalized spacial score (nSPS) is 19.2. The van der Waals surface area contributed by atoms with Gasteiger partial charge in [-0.3, -0.25) is 4.79 Å². The van der Waals surface area contributed by atoms with Crippen molar-refractivity contribution in [3.63, 3.8) is 0 Å². The molecule has 108 valence electrons. The van der Waals surface area contributed by atoms with Crippen LogP contribution in [0.15, 0.2) is 30.3 Å². The van der Waals surface area contributed by atoms with Crippen molar-refractivity contribution in [2.45, 2.75) is 13.3 Å². The molecular weight excluding hydrogens is 254 g/mol. The quantitative estimate of drug-likeness (QED) is 0.854. The summed E-state index contributed by atoms with van der Waals surface area (Å²) >= 11 is 0. The van der Waals surface area contributed by atoms with Crippen molar-refractivity contribution >= 4 is 11.5 Å². The standard InChI is InChI=1S/C16H21NO3/c1-12(14-3-5-15(20-2)6-4-14)9-16(19)17-8-7-13(10-17)11-18/h3-6,9,13,18H,7-8,10-11H2,1-2H3/b12-9+. The first-order valence-electron chi connectivity index (χ1n) is 6.86. The molecule has 4 nitrogen and oxygen atoms in total. The van der Waals surface area contributed by atoms with E-state index in [4.69, 9.17) is 9.84 Å². The molecule has 0 spiro atoms. The van der Waals surface area contributed by atoms with Crippen LogP contribution in [-0.4, -0.2) is 42.7 Å². The van der Waals surface area contributed by atoms with Crippen molar-refractivity contribution in [2.75, 3.05) is 26.8 Å². The van der Waals surface area contributed by atoms with Crippen LogP contribution < -0.4 is 4.74 Å². The van der Waals surface area contributed by atoms with Gasteiger partial charge in [0.15, 0.2) is 0 Å². The molecular formula is C16H21NO3. The van der Waals surface area contributed by atoms with Gasteiger partial charge in [-0.1, -0.05) is 12.1 Å². The molecule has 1 N–H and O–H groups in total. The molecule has 1 aliphatic heterocycles. The van der Waals surface area contributed by atoms with E-state index in [9.17, 15) is 4.79 Å². The van der Waals surface area contributed by atoms with Crippen LogP contribution in [-0.2, 0) is 4.79 Å². The van der Waals surface area contributed by atoms with Crippen LogP contribution in [0.25, 0.3) is 5.57 Å². The molecule has 1 saturated heterocycles. The lowest BCUT2D eigenvalue weighted by Crippen LogP contribution is -2.27. The van der Waals surface area contributed by atoms with E-state index in [0.29, 0.717) is 6.54 Å². The number of benzene rings is 1. The number of carbonyl (C=O) groups is 1. The number of aliphatic hydroxyl groups is 1. The van der Waals surface area contributed by atoms with E-state index >= 15 is 0 Å². The third-order valence-corrected chi connectivity index (χ3v) is 3.74. The number of allylic oxidation sites excluding steroid dienone is 1. The first kappa shape index (κ1) is 14.6. The number of hydrogen-bond acceptors (Lipinski definition) is 3. The molecule has 20 heavy (non-hydrogen) atoms. The monoisotopic (exact) mass is 275 g/mol. The predicted molar refractivity (Wildman–Crippen MR) is 78.4 cm³/mol. The lowest BCUT2D eigenvalue weighted by Gasteiger charge is -2.14. The first-order chi connectivity index (χ1) is 9.63. The number of hydrogen-bond donors (Lipinski definition) is 1. The third kappa shape index (κ3) is 3.39. The smallest absolute Gasteiger partial charge is 0.246 e. The summed E-state index contributed by atoms with van der Waals surface area (Å²) in [5, 5.41) is 9.11. The van der Waals surface area contributed by atoms with E-state index in [1.165, 1.54) is 0 Å². The zero-order valence-corrected chi connectivity index (χ0v) is 12.0. The minimum atomic E-state index is 0.0225. The molecule has 0 radical (unpaired) electrons. The van der Waals surface area contributed by atoms with Gasteiger partial charge in [-0.2, -0.15) is 0 Å².